The lowest BCUT2D eigenvalue weighted by atomic mass is 10.5. The molecule has 0 aliphatic carbocycles. The molecule has 0 heterocycles. The van der Waals surface area contributed by atoms with Crippen LogP contribution in [0.25, 0.3) is 0 Å². The Hall–Kier alpha value is -1.85. The van der Waals surface area contributed by atoms with Crippen LogP contribution in [0.5, 0.6) is 0 Å². The molecule has 0 radical (unpaired) electrons. The SMILES string of the molecule is CCOC(=O)/C=C/C(=O)OC(=O)N(CC)CC. The highest BCUT2D eigenvalue weighted by molar-refractivity contribution is 5.96. The zero-order valence-electron chi connectivity index (χ0n) is 10.3. The van der Waals surface area contributed by atoms with Crippen molar-refractivity contribution in [1.82, 2.24) is 4.90 Å². The standard InChI is InChI=1S/C11H17NO5/c1-4-12(5-2)11(15)17-10(14)8-7-9(13)16-6-3/h7-8H,4-6H2,1-3H3/b8-7+. The van der Waals surface area contributed by atoms with E-state index >= 15 is 0 Å². The van der Waals surface area contributed by atoms with Crippen LogP contribution in [0.2, 0.25) is 0 Å². The molecule has 0 fully saturated rings. The van der Waals surface area contributed by atoms with Gasteiger partial charge in [-0.25, -0.2) is 14.4 Å². The van der Waals surface area contributed by atoms with Crippen LogP contribution in [0.4, 0.5) is 4.79 Å². The van der Waals surface area contributed by atoms with Gasteiger partial charge >= 0.3 is 18.0 Å². The monoisotopic (exact) mass is 243 g/mol. The molecule has 0 aromatic carbocycles. The van der Waals surface area contributed by atoms with Gasteiger partial charge in [0.25, 0.3) is 0 Å². The van der Waals surface area contributed by atoms with Crippen LogP contribution in [-0.4, -0.2) is 42.6 Å². The van der Waals surface area contributed by atoms with E-state index in [2.05, 4.69) is 9.47 Å². The molecule has 0 unspecified atom stereocenters. The molecule has 0 rings (SSSR count). The summed E-state index contributed by atoms with van der Waals surface area (Å²) in [6.45, 7) is 6.30. The first-order valence-electron chi connectivity index (χ1n) is 5.40. The number of amides is 1. The fraction of sp³-hybridized carbons (Fsp3) is 0.545. The molecule has 0 aliphatic heterocycles. The van der Waals surface area contributed by atoms with Crippen LogP contribution in [0.1, 0.15) is 20.8 Å². The fourth-order valence-corrected chi connectivity index (χ4v) is 0.993. The third kappa shape index (κ3) is 6.34. The van der Waals surface area contributed by atoms with Gasteiger partial charge in [-0.15, -0.1) is 0 Å². The summed E-state index contributed by atoms with van der Waals surface area (Å²) in [4.78, 5) is 34.7. The average molecular weight is 243 g/mol. The average Bonchev–Trinajstić information content (AvgIpc) is 2.28. The van der Waals surface area contributed by atoms with E-state index in [4.69, 9.17) is 0 Å². The summed E-state index contributed by atoms with van der Waals surface area (Å²) in [5, 5.41) is 0. The molecule has 0 aromatic rings. The Labute approximate surface area is 100 Å². The van der Waals surface area contributed by atoms with Crippen LogP contribution in [0, 0.1) is 0 Å². The van der Waals surface area contributed by atoms with Crippen molar-refractivity contribution in [2.45, 2.75) is 20.8 Å². The molecule has 0 N–H and O–H groups in total. The normalized spacial score (nSPS) is 10.1. The highest BCUT2D eigenvalue weighted by Gasteiger charge is 2.13. The maximum absolute atomic E-state index is 11.3. The third-order valence-electron chi connectivity index (χ3n) is 1.85. The highest BCUT2D eigenvalue weighted by atomic mass is 16.6. The van der Waals surface area contributed by atoms with Gasteiger partial charge in [0.2, 0.25) is 0 Å². The summed E-state index contributed by atoms with van der Waals surface area (Å²) < 4.78 is 9.03. The molecular weight excluding hydrogens is 226 g/mol. The van der Waals surface area contributed by atoms with Crippen molar-refractivity contribution in [3.8, 4) is 0 Å². The lowest BCUT2D eigenvalue weighted by Gasteiger charge is -2.16. The second-order valence-electron chi connectivity index (χ2n) is 2.94. The van der Waals surface area contributed by atoms with Crippen molar-refractivity contribution in [3.63, 3.8) is 0 Å². The minimum absolute atomic E-state index is 0.219. The maximum atomic E-state index is 11.3. The Morgan fingerprint density at radius 3 is 2.00 bits per heavy atom. The molecule has 17 heavy (non-hydrogen) atoms. The number of carbonyl (C=O) groups excluding carboxylic acids is 3. The topological polar surface area (TPSA) is 72.9 Å². The molecule has 0 saturated heterocycles. The first-order valence-corrected chi connectivity index (χ1v) is 5.40. The summed E-state index contributed by atoms with van der Waals surface area (Å²) in [6, 6.07) is 0. The number of rotatable bonds is 5. The molecule has 0 saturated carbocycles. The first-order chi connectivity index (χ1) is 8.04. The van der Waals surface area contributed by atoms with Crippen LogP contribution in [0.3, 0.4) is 0 Å². The Morgan fingerprint density at radius 1 is 1.00 bits per heavy atom. The Morgan fingerprint density at radius 2 is 1.53 bits per heavy atom. The van der Waals surface area contributed by atoms with E-state index in [-0.39, 0.29) is 6.61 Å². The molecule has 0 spiro atoms. The van der Waals surface area contributed by atoms with Crippen molar-refractivity contribution < 1.29 is 23.9 Å². The summed E-state index contributed by atoms with van der Waals surface area (Å²) in [5.41, 5.74) is 0. The van der Waals surface area contributed by atoms with Gasteiger partial charge in [-0.1, -0.05) is 0 Å². The Bertz CT molecular complexity index is 307. The molecule has 6 nitrogen and oxygen atoms in total. The second kappa shape index (κ2) is 8.32. The van der Waals surface area contributed by atoms with Crippen molar-refractivity contribution >= 4 is 18.0 Å². The number of ether oxygens (including phenoxy) is 2. The van der Waals surface area contributed by atoms with Gasteiger partial charge in [-0.2, -0.15) is 0 Å². The van der Waals surface area contributed by atoms with Gasteiger partial charge in [0.1, 0.15) is 0 Å². The van der Waals surface area contributed by atoms with Crippen molar-refractivity contribution in [1.29, 1.82) is 0 Å². The first kappa shape index (κ1) is 15.2. The summed E-state index contributed by atoms with van der Waals surface area (Å²) in [5.74, 6) is -1.55. The van der Waals surface area contributed by atoms with E-state index in [1.54, 1.807) is 20.8 Å². The van der Waals surface area contributed by atoms with Gasteiger partial charge in [-0.05, 0) is 20.8 Å². The second-order valence-corrected chi connectivity index (χ2v) is 2.94. The molecule has 0 bridgehead atoms. The van der Waals surface area contributed by atoms with E-state index in [9.17, 15) is 14.4 Å². The number of hydrogen-bond acceptors (Lipinski definition) is 5. The third-order valence-corrected chi connectivity index (χ3v) is 1.85. The van der Waals surface area contributed by atoms with Gasteiger partial charge in [0, 0.05) is 25.2 Å². The minimum Gasteiger partial charge on any atom is -0.463 e. The van der Waals surface area contributed by atoms with E-state index < -0.39 is 18.0 Å². The van der Waals surface area contributed by atoms with Crippen molar-refractivity contribution in [3.05, 3.63) is 12.2 Å². The van der Waals surface area contributed by atoms with Crippen molar-refractivity contribution in [2.75, 3.05) is 19.7 Å². The van der Waals surface area contributed by atoms with E-state index in [1.165, 1.54) is 4.90 Å². The summed E-state index contributed by atoms with van der Waals surface area (Å²) in [6.07, 6.45) is 1.05. The number of esters is 2. The van der Waals surface area contributed by atoms with E-state index in [0.29, 0.717) is 13.1 Å². The molecule has 1 amide bonds. The van der Waals surface area contributed by atoms with E-state index in [0.717, 1.165) is 12.2 Å². The molecular formula is C11H17NO5. The number of hydrogen-bond donors (Lipinski definition) is 0. The zero-order chi connectivity index (χ0) is 13.3. The molecule has 0 aromatic heterocycles. The fourth-order valence-electron chi connectivity index (χ4n) is 0.993. The smallest absolute Gasteiger partial charge is 0.417 e. The summed E-state index contributed by atoms with van der Waals surface area (Å²) in [7, 11) is 0. The lowest BCUT2D eigenvalue weighted by molar-refractivity contribution is -0.138. The maximum Gasteiger partial charge on any atom is 0.417 e. The van der Waals surface area contributed by atoms with Crippen LogP contribution >= 0.6 is 0 Å². The molecule has 6 heteroatoms. The Kier molecular flexibility index (Phi) is 7.41. The van der Waals surface area contributed by atoms with Crippen LogP contribution in [-0.2, 0) is 19.1 Å². The van der Waals surface area contributed by atoms with Crippen LogP contribution in [0.15, 0.2) is 12.2 Å². The van der Waals surface area contributed by atoms with E-state index in [1.807, 2.05) is 0 Å². The largest absolute Gasteiger partial charge is 0.463 e. The van der Waals surface area contributed by atoms with Crippen molar-refractivity contribution in [2.24, 2.45) is 0 Å². The lowest BCUT2D eigenvalue weighted by Crippen LogP contribution is -2.32. The number of nitrogens with zero attached hydrogens (tertiary/aromatic N) is 1. The predicted molar refractivity (Wildman–Crippen MR) is 60.2 cm³/mol. The van der Waals surface area contributed by atoms with Gasteiger partial charge < -0.3 is 14.4 Å². The Balaban J connectivity index is 4.18. The van der Waals surface area contributed by atoms with Gasteiger partial charge in [0.15, 0.2) is 0 Å². The summed E-state index contributed by atoms with van der Waals surface area (Å²) >= 11 is 0. The zero-order valence-corrected chi connectivity index (χ0v) is 10.3. The molecule has 0 atom stereocenters. The van der Waals surface area contributed by atoms with Crippen LogP contribution < -0.4 is 0 Å². The van der Waals surface area contributed by atoms with Gasteiger partial charge in [-0.3, -0.25) is 0 Å². The molecule has 96 valence electrons. The highest BCUT2D eigenvalue weighted by Crippen LogP contribution is 1.95. The predicted octanol–water partition coefficient (Wildman–Crippen LogP) is 1.11. The minimum atomic E-state index is -0.894. The molecule has 0 aliphatic rings. The van der Waals surface area contributed by atoms with Gasteiger partial charge in [0.05, 0.1) is 6.61 Å². The quantitative estimate of drug-likeness (QED) is 0.411. The number of carbonyl (C=O) groups is 3.